The van der Waals surface area contributed by atoms with Crippen LogP contribution in [0.5, 0.6) is 11.6 Å². The summed E-state index contributed by atoms with van der Waals surface area (Å²) in [5.74, 6) is 0.985. The molecule has 0 saturated heterocycles. The fourth-order valence-corrected chi connectivity index (χ4v) is 2.54. The molecule has 25 heavy (non-hydrogen) atoms. The highest BCUT2D eigenvalue weighted by Gasteiger charge is 2.06. The number of hydrogen-bond acceptors (Lipinski definition) is 7. The molecule has 2 aromatic heterocycles. The summed E-state index contributed by atoms with van der Waals surface area (Å²) in [4.78, 5) is 16.7. The quantitative estimate of drug-likeness (QED) is 0.475. The third-order valence-electron chi connectivity index (χ3n) is 3.05. The number of ether oxygens (including phenoxy) is 2. The lowest BCUT2D eigenvalue weighted by atomic mass is 10.3. The van der Waals surface area contributed by atoms with E-state index in [9.17, 15) is 4.79 Å². The third-order valence-corrected chi connectivity index (χ3v) is 4.03. The van der Waals surface area contributed by atoms with Gasteiger partial charge < -0.3 is 9.47 Å². The number of carbonyl (C=O) groups is 1. The van der Waals surface area contributed by atoms with Crippen LogP contribution in [-0.2, 0) is 16.1 Å². The van der Waals surface area contributed by atoms with Gasteiger partial charge in [-0.05, 0) is 30.3 Å². The first-order chi connectivity index (χ1) is 12.3. The normalized spacial score (nSPS) is 10.2. The molecule has 0 aliphatic heterocycles. The Morgan fingerprint density at radius 1 is 0.960 bits per heavy atom. The second-order valence-electron chi connectivity index (χ2n) is 4.91. The molecule has 0 saturated carbocycles. The summed E-state index contributed by atoms with van der Waals surface area (Å²) in [7, 11) is 0. The summed E-state index contributed by atoms with van der Waals surface area (Å²) in [6, 6.07) is 16.4. The van der Waals surface area contributed by atoms with Crippen molar-refractivity contribution in [3.05, 3.63) is 72.7 Å². The van der Waals surface area contributed by atoms with Crippen molar-refractivity contribution in [1.82, 2.24) is 15.2 Å². The smallest absolute Gasteiger partial charge is 0.316 e. The summed E-state index contributed by atoms with van der Waals surface area (Å²) in [6.45, 7) is 0.0777. The van der Waals surface area contributed by atoms with E-state index in [2.05, 4.69) is 15.2 Å². The van der Waals surface area contributed by atoms with Crippen LogP contribution in [0, 0.1) is 0 Å². The minimum Gasteiger partial charge on any atom is -0.458 e. The van der Waals surface area contributed by atoms with Gasteiger partial charge in [0.25, 0.3) is 0 Å². The zero-order valence-electron chi connectivity index (χ0n) is 13.2. The molecule has 0 atom stereocenters. The summed E-state index contributed by atoms with van der Waals surface area (Å²) < 4.78 is 10.7. The van der Waals surface area contributed by atoms with Gasteiger partial charge in [0.05, 0.1) is 5.75 Å². The lowest BCUT2D eigenvalue weighted by Gasteiger charge is -2.06. The van der Waals surface area contributed by atoms with Gasteiger partial charge in [-0.1, -0.05) is 18.2 Å². The molecule has 0 bridgehead atoms. The van der Waals surface area contributed by atoms with Gasteiger partial charge in [0, 0.05) is 23.4 Å². The molecule has 0 unspecified atom stereocenters. The van der Waals surface area contributed by atoms with Gasteiger partial charge in [-0.2, -0.15) is 0 Å². The molecule has 0 fully saturated rings. The SMILES string of the molecule is O=C(CSc1ccncc1)OCc1ccc(Oc2ccccc2)nn1. The Kier molecular flexibility index (Phi) is 5.95. The first kappa shape index (κ1) is 16.9. The van der Waals surface area contributed by atoms with Gasteiger partial charge in [0.15, 0.2) is 0 Å². The topological polar surface area (TPSA) is 74.2 Å². The number of thioether (sulfide) groups is 1. The number of esters is 1. The molecule has 126 valence electrons. The zero-order valence-corrected chi connectivity index (χ0v) is 14.1. The lowest BCUT2D eigenvalue weighted by Crippen LogP contribution is -2.08. The first-order valence-electron chi connectivity index (χ1n) is 7.53. The Morgan fingerprint density at radius 3 is 2.48 bits per heavy atom. The van der Waals surface area contributed by atoms with Gasteiger partial charge in [0.2, 0.25) is 5.88 Å². The van der Waals surface area contributed by atoms with E-state index < -0.39 is 0 Å². The number of carbonyl (C=O) groups excluding carboxylic acids is 1. The lowest BCUT2D eigenvalue weighted by molar-refractivity contribution is -0.141. The second kappa shape index (κ2) is 8.79. The molecule has 0 N–H and O–H groups in total. The van der Waals surface area contributed by atoms with Crippen molar-refractivity contribution in [2.24, 2.45) is 0 Å². The predicted octanol–water partition coefficient (Wildman–Crippen LogP) is 3.50. The highest BCUT2D eigenvalue weighted by Crippen LogP contribution is 2.18. The van der Waals surface area contributed by atoms with Gasteiger partial charge in [0.1, 0.15) is 18.1 Å². The summed E-state index contributed by atoms with van der Waals surface area (Å²) >= 11 is 1.40. The Balaban J connectivity index is 1.44. The Hall–Kier alpha value is -2.93. The molecule has 3 rings (SSSR count). The molecule has 2 heterocycles. The maximum absolute atomic E-state index is 11.8. The minimum absolute atomic E-state index is 0.0777. The highest BCUT2D eigenvalue weighted by molar-refractivity contribution is 8.00. The molecular weight excluding hydrogens is 338 g/mol. The number of hydrogen-bond donors (Lipinski definition) is 0. The van der Waals surface area contributed by atoms with Crippen molar-refractivity contribution >= 4 is 17.7 Å². The summed E-state index contributed by atoms with van der Waals surface area (Å²) in [5.41, 5.74) is 0.558. The monoisotopic (exact) mass is 353 g/mol. The Morgan fingerprint density at radius 2 is 1.76 bits per heavy atom. The van der Waals surface area contributed by atoms with Crippen LogP contribution in [-0.4, -0.2) is 26.9 Å². The maximum Gasteiger partial charge on any atom is 0.316 e. The third kappa shape index (κ3) is 5.58. The second-order valence-corrected chi connectivity index (χ2v) is 5.96. The average Bonchev–Trinajstić information content (AvgIpc) is 2.67. The van der Waals surface area contributed by atoms with Crippen LogP contribution in [0.4, 0.5) is 0 Å². The van der Waals surface area contributed by atoms with E-state index in [4.69, 9.17) is 9.47 Å². The summed E-state index contributed by atoms with van der Waals surface area (Å²) in [5, 5.41) is 7.97. The number of nitrogens with zero attached hydrogens (tertiary/aromatic N) is 3. The van der Waals surface area contributed by atoms with Gasteiger partial charge in [-0.25, -0.2) is 0 Å². The van der Waals surface area contributed by atoms with Crippen LogP contribution in [0.3, 0.4) is 0 Å². The van der Waals surface area contributed by atoms with Gasteiger partial charge in [-0.15, -0.1) is 22.0 Å². The van der Waals surface area contributed by atoms with Crippen molar-refractivity contribution in [1.29, 1.82) is 0 Å². The first-order valence-corrected chi connectivity index (χ1v) is 8.52. The van der Waals surface area contributed by atoms with Crippen LogP contribution in [0.1, 0.15) is 5.69 Å². The minimum atomic E-state index is -0.312. The summed E-state index contributed by atoms with van der Waals surface area (Å²) in [6.07, 6.45) is 3.37. The molecule has 3 aromatic rings. The van der Waals surface area contributed by atoms with E-state index >= 15 is 0 Å². The molecule has 0 spiro atoms. The number of benzene rings is 1. The van der Waals surface area contributed by atoms with Crippen LogP contribution in [0.25, 0.3) is 0 Å². The van der Waals surface area contributed by atoms with Crippen LogP contribution >= 0.6 is 11.8 Å². The van der Waals surface area contributed by atoms with Gasteiger partial charge >= 0.3 is 5.97 Å². The molecule has 0 amide bonds. The Labute approximate surface area is 149 Å². The van der Waals surface area contributed by atoms with Gasteiger partial charge in [-0.3, -0.25) is 9.78 Å². The van der Waals surface area contributed by atoms with Crippen molar-refractivity contribution in [3.63, 3.8) is 0 Å². The van der Waals surface area contributed by atoms with Crippen molar-refractivity contribution in [2.75, 3.05) is 5.75 Å². The van der Waals surface area contributed by atoms with Crippen LogP contribution in [0.2, 0.25) is 0 Å². The molecule has 1 aromatic carbocycles. The van der Waals surface area contributed by atoms with Crippen molar-refractivity contribution in [3.8, 4) is 11.6 Å². The number of pyridine rings is 1. The fourth-order valence-electron chi connectivity index (χ4n) is 1.86. The Bertz CT molecular complexity index is 799. The van der Waals surface area contributed by atoms with Crippen LogP contribution in [0.15, 0.2) is 71.9 Å². The van der Waals surface area contributed by atoms with Crippen molar-refractivity contribution in [2.45, 2.75) is 11.5 Å². The molecule has 0 aliphatic rings. The van der Waals surface area contributed by atoms with Crippen molar-refractivity contribution < 1.29 is 14.3 Å². The maximum atomic E-state index is 11.8. The molecule has 0 aliphatic carbocycles. The largest absolute Gasteiger partial charge is 0.458 e. The average molecular weight is 353 g/mol. The molecule has 7 heteroatoms. The molecule has 0 radical (unpaired) electrons. The standard InChI is InChI=1S/C18H15N3O3S/c22-18(13-25-16-8-10-19-11-9-16)23-12-14-6-7-17(21-20-14)24-15-4-2-1-3-5-15/h1-11H,12-13H2. The highest BCUT2D eigenvalue weighted by atomic mass is 32.2. The van der Waals surface area contributed by atoms with Crippen LogP contribution < -0.4 is 4.74 Å². The number of para-hydroxylation sites is 1. The number of aromatic nitrogens is 3. The van der Waals surface area contributed by atoms with E-state index in [1.54, 1.807) is 24.5 Å². The van der Waals surface area contributed by atoms with E-state index in [1.165, 1.54) is 11.8 Å². The fraction of sp³-hybridized carbons (Fsp3) is 0.111. The zero-order chi connectivity index (χ0) is 17.3. The van der Waals surface area contributed by atoms with E-state index in [0.717, 1.165) is 4.90 Å². The number of rotatable bonds is 7. The van der Waals surface area contributed by atoms with E-state index in [-0.39, 0.29) is 18.3 Å². The van der Waals surface area contributed by atoms with E-state index in [0.29, 0.717) is 17.3 Å². The molecule has 6 nitrogen and oxygen atoms in total. The predicted molar refractivity (Wildman–Crippen MR) is 93.3 cm³/mol. The molecular formula is C18H15N3O3S. The van der Waals surface area contributed by atoms with E-state index in [1.807, 2.05) is 42.5 Å².